The Labute approximate surface area is 191 Å². The van der Waals surface area contributed by atoms with Crippen molar-refractivity contribution >= 4 is 20.4 Å². The van der Waals surface area contributed by atoms with E-state index >= 15 is 0 Å². The Bertz CT molecular complexity index is 750. The maximum atomic E-state index is 6.01. The average Bonchev–Trinajstić information content (AvgIpc) is 2.80. The van der Waals surface area contributed by atoms with Crippen molar-refractivity contribution < 1.29 is 0 Å². The summed E-state index contributed by atoms with van der Waals surface area (Å²) in [6.45, 7) is 2.38. The molecule has 1 saturated carbocycles. The largest absolute Gasteiger partial charge is 0.0843 e. The van der Waals surface area contributed by atoms with Gasteiger partial charge in [0.1, 0.15) is 0 Å². The molecule has 1 saturated heterocycles. The van der Waals surface area contributed by atoms with E-state index in [-0.39, 0.29) is 8.80 Å². The fraction of sp³-hybridized carbons (Fsp3) is 0.571. The normalized spacial score (nSPS) is 27.1. The summed E-state index contributed by atoms with van der Waals surface area (Å²) >= 11 is 6.01. The van der Waals surface area contributed by atoms with E-state index in [2.05, 4.69) is 43.3 Å². The minimum atomic E-state index is -0.310. The number of aryl methyl sites for hydroxylation is 1. The van der Waals surface area contributed by atoms with Gasteiger partial charge in [0.2, 0.25) is 0 Å². The van der Waals surface area contributed by atoms with Gasteiger partial charge in [0.05, 0.1) is 0 Å². The predicted molar refractivity (Wildman–Crippen MR) is 135 cm³/mol. The topological polar surface area (TPSA) is 0 Å². The van der Waals surface area contributed by atoms with Crippen LogP contribution in [-0.4, -0.2) is 8.80 Å². The van der Waals surface area contributed by atoms with Crippen LogP contribution in [-0.2, 0) is 6.42 Å². The van der Waals surface area contributed by atoms with Crippen LogP contribution in [0.15, 0.2) is 48.5 Å². The van der Waals surface area contributed by atoms with E-state index in [0.717, 1.165) is 22.8 Å². The molecule has 0 unspecified atom stereocenters. The Kier molecular flexibility index (Phi) is 8.12. The SMILES string of the molecule is CCC[SiH]1CCC(C2CCC(CCc3ccc(-c4ccc(Cl)cc4)cc3)CC2)CC1. The molecule has 2 aromatic rings. The number of hydrogen-bond acceptors (Lipinski definition) is 0. The molecule has 1 aliphatic heterocycles. The minimum Gasteiger partial charge on any atom is -0.0843 e. The van der Waals surface area contributed by atoms with Crippen LogP contribution >= 0.6 is 11.6 Å². The van der Waals surface area contributed by atoms with Crippen molar-refractivity contribution in [2.45, 2.75) is 82.8 Å². The van der Waals surface area contributed by atoms with Gasteiger partial charge in [0.15, 0.2) is 0 Å². The van der Waals surface area contributed by atoms with Gasteiger partial charge in [-0.1, -0.05) is 105 Å². The molecule has 1 heterocycles. The molecule has 0 N–H and O–H groups in total. The van der Waals surface area contributed by atoms with E-state index in [4.69, 9.17) is 11.6 Å². The minimum absolute atomic E-state index is 0.310. The van der Waals surface area contributed by atoms with Crippen LogP contribution in [0.4, 0.5) is 0 Å². The third-order valence-electron chi connectivity index (χ3n) is 8.12. The lowest BCUT2D eigenvalue weighted by Crippen LogP contribution is -2.28. The van der Waals surface area contributed by atoms with E-state index in [1.54, 1.807) is 31.0 Å². The summed E-state index contributed by atoms with van der Waals surface area (Å²) in [6, 6.07) is 22.3. The van der Waals surface area contributed by atoms with E-state index in [1.807, 2.05) is 12.1 Å². The summed E-state index contributed by atoms with van der Waals surface area (Å²) in [7, 11) is -0.310. The molecular weight excluding hydrogens is 400 g/mol. The molecule has 2 fully saturated rings. The smallest absolute Gasteiger partial charge is 0.0406 e. The van der Waals surface area contributed by atoms with Crippen molar-refractivity contribution in [3.05, 3.63) is 59.1 Å². The van der Waals surface area contributed by atoms with Crippen molar-refractivity contribution in [1.82, 2.24) is 0 Å². The maximum absolute atomic E-state index is 6.01. The fourth-order valence-electron chi connectivity index (χ4n) is 6.18. The first kappa shape index (κ1) is 22.2. The summed E-state index contributed by atoms with van der Waals surface area (Å²) in [6.07, 6.45) is 13.2. The molecular formula is C28H39ClSi. The van der Waals surface area contributed by atoms with Crippen molar-refractivity contribution in [2.75, 3.05) is 0 Å². The van der Waals surface area contributed by atoms with Crippen LogP contribution in [0.3, 0.4) is 0 Å². The zero-order valence-electron chi connectivity index (χ0n) is 18.8. The quantitative estimate of drug-likeness (QED) is 0.378. The lowest BCUT2D eigenvalue weighted by atomic mass is 9.73. The second-order valence-corrected chi connectivity index (χ2v) is 14.0. The predicted octanol–water partition coefficient (Wildman–Crippen LogP) is 8.79. The summed E-state index contributed by atoms with van der Waals surface area (Å²) < 4.78 is 0. The van der Waals surface area contributed by atoms with Gasteiger partial charge in [-0.2, -0.15) is 0 Å². The fourth-order valence-corrected chi connectivity index (χ4v) is 9.79. The van der Waals surface area contributed by atoms with Gasteiger partial charge in [0.25, 0.3) is 0 Å². The zero-order chi connectivity index (χ0) is 20.8. The van der Waals surface area contributed by atoms with Gasteiger partial charge in [-0.15, -0.1) is 0 Å². The Balaban J connectivity index is 1.19. The Morgan fingerprint density at radius 2 is 1.33 bits per heavy atom. The summed E-state index contributed by atoms with van der Waals surface area (Å²) in [5, 5.41) is 0.802. The van der Waals surface area contributed by atoms with Gasteiger partial charge in [-0.05, 0) is 72.3 Å². The van der Waals surface area contributed by atoms with Crippen LogP contribution < -0.4 is 0 Å². The molecule has 0 nitrogen and oxygen atoms in total. The Morgan fingerprint density at radius 3 is 1.93 bits per heavy atom. The van der Waals surface area contributed by atoms with E-state index in [9.17, 15) is 0 Å². The van der Waals surface area contributed by atoms with E-state index in [1.165, 1.54) is 61.6 Å². The number of rotatable bonds is 7. The third kappa shape index (κ3) is 6.01. The van der Waals surface area contributed by atoms with Gasteiger partial charge in [0, 0.05) is 13.8 Å². The molecule has 1 aliphatic carbocycles. The lowest BCUT2D eigenvalue weighted by Gasteiger charge is -2.37. The lowest BCUT2D eigenvalue weighted by molar-refractivity contribution is 0.186. The van der Waals surface area contributed by atoms with Crippen molar-refractivity contribution in [3.8, 4) is 11.1 Å². The highest BCUT2D eigenvalue weighted by molar-refractivity contribution is 6.58. The monoisotopic (exact) mass is 438 g/mol. The van der Waals surface area contributed by atoms with E-state index in [0.29, 0.717) is 0 Å². The first-order valence-electron chi connectivity index (χ1n) is 12.6. The molecule has 2 heteroatoms. The molecule has 0 bridgehead atoms. The molecule has 0 aromatic heterocycles. The highest BCUT2D eigenvalue weighted by Crippen LogP contribution is 2.41. The van der Waals surface area contributed by atoms with Crippen LogP contribution in [0.25, 0.3) is 11.1 Å². The highest BCUT2D eigenvalue weighted by atomic mass is 35.5. The van der Waals surface area contributed by atoms with E-state index < -0.39 is 0 Å². The van der Waals surface area contributed by atoms with Gasteiger partial charge >= 0.3 is 0 Å². The van der Waals surface area contributed by atoms with Crippen LogP contribution in [0.1, 0.15) is 63.9 Å². The third-order valence-corrected chi connectivity index (χ3v) is 12.1. The molecule has 4 rings (SSSR count). The first-order chi connectivity index (χ1) is 14.7. The standard InChI is InChI=1S/C28H39ClSi/c1-2-19-30-20-17-27(18-21-30)25-11-7-23(8-12-25)4-3-22-5-9-24(10-6-22)26-13-15-28(29)16-14-26/h5-6,9-10,13-16,23,25,27,30H,2-4,7-8,11-12,17-21H2,1H3. The van der Waals surface area contributed by atoms with Crippen molar-refractivity contribution in [1.29, 1.82) is 0 Å². The molecule has 2 aliphatic rings. The van der Waals surface area contributed by atoms with Gasteiger partial charge < -0.3 is 0 Å². The molecule has 0 spiro atoms. The van der Waals surface area contributed by atoms with Crippen LogP contribution in [0.5, 0.6) is 0 Å². The summed E-state index contributed by atoms with van der Waals surface area (Å²) in [5.41, 5.74) is 4.03. The molecule has 30 heavy (non-hydrogen) atoms. The summed E-state index contributed by atoms with van der Waals surface area (Å²) in [5.74, 6) is 3.12. The second-order valence-electron chi connectivity index (χ2n) is 10.1. The molecule has 0 atom stereocenters. The number of halogens is 1. The highest BCUT2D eigenvalue weighted by Gasteiger charge is 2.30. The Morgan fingerprint density at radius 1 is 0.767 bits per heavy atom. The van der Waals surface area contributed by atoms with Crippen molar-refractivity contribution in [2.24, 2.45) is 17.8 Å². The molecule has 2 aromatic carbocycles. The van der Waals surface area contributed by atoms with Crippen LogP contribution in [0, 0.1) is 17.8 Å². The Hall–Kier alpha value is -1.05. The second kappa shape index (κ2) is 11.0. The number of hydrogen-bond donors (Lipinski definition) is 0. The molecule has 0 amide bonds. The maximum Gasteiger partial charge on any atom is 0.0406 e. The number of benzene rings is 2. The van der Waals surface area contributed by atoms with Crippen molar-refractivity contribution in [3.63, 3.8) is 0 Å². The van der Waals surface area contributed by atoms with Gasteiger partial charge in [-0.3, -0.25) is 0 Å². The first-order valence-corrected chi connectivity index (χ1v) is 15.4. The van der Waals surface area contributed by atoms with Crippen LogP contribution in [0.2, 0.25) is 23.2 Å². The zero-order valence-corrected chi connectivity index (χ0v) is 20.7. The molecule has 162 valence electrons. The summed E-state index contributed by atoms with van der Waals surface area (Å²) in [4.78, 5) is 0. The molecule has 0 radical (unpaired) electrons. The average molecular weight is 439 g/mol. The van der Waals surface area contributed by atoms with Gasteiger partial charge in [-0.25, -0.2) is 0 Å².